The highest BCUT2D eigenvalue weighted by Gasteiger charge is 2.44. The minimum atomic E-state index is -1.82. The Balaban J connectivity index is 0.977. The lowest BCUT2D eigenvalue weighted by Gasteiger charge is -2.27. The molecule has 1 amide bonds. The van der Waals surface area contributed by atoms with Crippen LogP contribution in [0.25, 0.3) is 10.2 Å². The van der Waals surface area contributed by atoms with Crippen LogP contribution in [0.15, 0.2) is 127 Å². The van der Waals surface area contributed by atoms with E-state index in [1.807, 2.05) is 6.07 Å². The number of aromatic nitrogens is 1. The van der Waals surface area contributed by atoms with E-state index in [0.717, 1.165) is 36.5 Å². The van der Waals surface area contributed by atoms with Crippen LogP contribution in [0.5, 0.6) is 23.0 Å². The molecule has 0 fully saturated rings. The standard InChI is InChI=1S/C40H36N3O4PS/c41-28-40-43-35-22-20-31(27-38(35)49-40)47-37-26-30(21-23-36(37)44)46-29-39(45)42-24-12-1-2-13-25-48(32-14-6-3-7-15-32,33-16-8-4-9-17-33)34-18-10-5-11-19-34/h3-11,14-23,26-27H,1-2,12-13,24-25,29H2,(H-,42,44,45)/p+1. The monoisotopic (exact) mass is 686 g/mol. The van der Waals surface area contributed by atoms with E-state index in [1.165, 1.54) is 33.3 Å². The number of nitrogens with zero attached hydrogens (tertiary/aromatic N) is 2. The molecule has 6 aromatic rings. The molecule has 7 nitrogen and oxygen atoms in total. The van der Waals surface area contributed by atoms with Crippen LogP contribution < -0.4 is 30.7 Å². The minimum absolute atomic E-state index is 0.0606. The summed E-state index contributed by atoms with van der Waals surface area (Å²) in [6.45, 7) is 0.433. The maximum Gasteiger partial charge on any atom is 0.257 e. The Labute approximate surface area is 291 Å². The molecule has 5 aromatic carbocycles. The lowest BCUT2D eigenvalue weighted by atomic mass is 10.2. The molecule has 0 aliphatic heterocycles. The molecule has 0 saturated heterocycles. The highest BCUT2D eigenvalue weighted by Crippen LogP contribution is 2.56. The Kier molecular flexibility index (Phi) is 11.2. The summed E-state index contributed by atoms with van der Waals surface area (Å²) in [5, 5.41) is 27.0. The van der Waals surface area contributed by atoms with Gasteiger partial charge in [0.15, 0.2) is 23.1 Å². The molecule has 1 heterocycles. The van der Waals surface area contributed by atoms with Crippen molar-refractivity contribution in [2.75, 3.05) is 19.3 Å². The van der Waals surface area contributed by atoms with Crippen LogP contribution in [0.3, 0.4) is 0 Å². The van der Waals surface area contributed by atoms with Gasteiger partial charge in [-0.05, 0) is 79.9 Å². The first kappa shape index (κ1) is 33.7. The fourth-order valence-corrected chi connectivity index (χ4v) is 11.1. The van der Waals surface area contributed by atoms with Gasteiger partial charge in [0.1, 0.15) is 40.7 Å². The molecule has 0 atom stereocenters. The van der Waals surface area contributed by atoms with E-state index in [1.54, 1.807) is 30.3 Å². The van der Waals surface area contributed by atoms with Crippen molar-refractivity contribution in [2.45, 2.75) is 25.7 Å². The third kappa shape index (κ3) is 8.26. The molecule has 49 heavy (non-hydrogen) atoms. The van der Waals surface area contributed by atoms with Crippen molar-refractivity contribution >= 4 is 50.6 Å². The molecule has 0 unspecified atom stereocenters. The first-order valence-electron chi connectivity index (χ1n) is 16.3. The van der Waals surface area contributed by atoms with Gasteiger partial charge >= 0.3 is 0 Å². The van der Waals surface area contributed by atoms with Crippen molar-refractivity contribution in [1.82, 2.24) is 10.3 Å². The Morgan fingerprint density at radius 3 is 2.02 bits per heavy atom. The molecule has 0 aliphatic carbocycles. The maximum atomic E-state index is 12.6. The van der Waals surface area contributed by atoms with Crippen LogP contribution in [0.1, 0.15) is 30.7 Å². The van der Waals surface area contributed by atoms with Gasteiger partial charge in [0.2, 0.25) is 0 Å². The van der Waals surface area contributed by atoms with Crippen LogP contribution in [-0.2, 0) is 4.79 Å². The zero-order valence-electron chi connectivity index (χ0n) is 27.0. The number of phenols is 1. The average Bonchev–Trinajstić information content (AvgIpc) is 3.57. The van der Waals surface area contributed by atoms with Gasteiger partial charge in [0.25, 0.3) is 5.91 Å². The third-order valence-electron chi connectivity index (χ3n) is 8.32. The van der Waals surface area contributed by atoms with Crippen molar-refractivity contribution in [2.24, 2.45) is 0 Å². The zero-order chi connectivity index (χ0) is 33.9. The number of ether oxygens (including phenoxy) is 2. The highest BCUT2D eigenvalue weighted by atomic mass is 32.1. The molecular weight excluding hydrogens is 649 g/mol. The molecule has 0 aliphatic rings. The predicted octanol–water partition coefficient (Wildman–Crippen LogP) is 7.72. The number of carbonyl (C=O) groups is 1. The SMILES string of the molecule is N#Cc1nc2ccc(Oc3cc(OCC(=O)NCCCCCC[P+](c4ccccc4)(c4ccccc4)c4ccccc4)ccc3O)cc2s1. The molecule has 0 saturated carbocycles. The van der Waals surface area contributed by atoms with E-state index in [0.29, 0.717) is 28.6 Å². The number of carbonyl (C=O) groups excluding carboxylic acids is 1. The van der Waals surface area contributed by atoms with Crippen molar-refractivity contribution in [3.8, 4) is 29.1 Å². The lowest BCUT2D eigenvalue weighted by Crippen LogP contribution is -2.33. The summed E-state index contributed by atoms with van der Waals surface area (Å²) in [5.41, 5.74) is 0.707. The third-order valence-corrected chi connectivity index (χ3v) is 13.8. The summed E-state index contributed by atoms with van der Waals surface area (Å²) >= 11 is 1.27. The number of aromatic hydroxyl groups is 1. The highest BCUT2D eigenvalue weighted by molar-refractivity contribution is 7.95. The summed E-state index contributed by atoms with van der Waals surface area (Å²) in [4.78, 5) is 16.8. The Morgan fingerprint density at radius 2 is 1.39 bits per heavy atom. The number of benzene rings is 5. The number of rotatable bonds is 15. The van der Waals surface area contributed by atoms with Gasteiger partial charge in [-0.2, -0.15) is 5.26 Å². The van der Waals surface area contributed by atoms with E-state index >= 15 is 0 Å². The molecule has 9 heteroatoms. The molecule has 1 aromatic heterocycles. The number of fused-ring (bicyclic) bond motifs is 1. The fraction of sp³-hybridized carbons (Fsp3) is 0.175. The summed E-state index contributed by atoms with van der Waals surface area (Å²) in [6.07, 6.45) is 5.16. The van der Waals surface area contributed by atoms with E-state index in [4.69, 9.17) is 14.7 Å². The van der Waals surface area contributed by atoms with Gasteiger partial charge in [-0.1, -0.05) is 61.0 Å². The number of nitrogens with one attached hydrogen (secondary N) is 1. The average molecular weight is 687 g/mol. The quantitative estimate of drug-likeness (QED) is 0.0847. The zero-order valence-corrected chi connectivity index (χ0v) is 28.7. The molecule has 246 valence electrons. The molecular formula is C40H37N3O4PS+. The number of unbranched alkanes of at least 4 members (excludes halogenated alkanes) is 3. The lowest BCUT2D eigenvalue weighted by molar-refractivity contribution is -0.123. The second-order valence-electron chi connectivity index (χ2n) is 11.6. The number of nitriles is 1. The molecule has 2 N–H and O–H groups in total. The van der Waals surface area contributed by atoms with Gasteiger partial charge in [-0.3, -0.25) is 4.79 Å². The summed E-state index contributed by atoms with van der Waals surface area (Å²) in [5.74, 6) is 0.811. The molecule has 0 radical (unpaired) electrons. The Hall–Kier alpha value is -5.22. The fourth-order valence-electron chi connectivity index (χ4n) is 5.95. The summed E-state index contributed by atoms with van der Waals surface area (Å²) < 4.78 is 12.4. The van der Waals surface area contributed by atoms with Crippen LogP contribution >= 0.6 is 18.6 Å². The number of hydrogen-bond donors (Lipinski definition) is 2. The van der Waals surface area contributed by atoms with Crippen LogP contribution in [0.4, 0.5) is 0 Å². The largest absolute Gasteiger partial charge is 0.504 e. The molecule has 6 rings (SSSR count). The van der Waals surface area contributed by atoms with Crippen molar-refractivity contribution in [3.63, 3.8) is 0 Å². The van der Waals surface area contributed by atoms with Gasteiger partial charge in [0, 0.05) is 18.7 Å². The van der Waals surface area contributed by atoms with Crippen LogP contribution in [-0.4, -0.2) is 35.3 Å². The number of thiazole rings is 1. The summed E-state index contributed by atoms with van der Waals surface area (Å²) in [7, 11) is -1.82. The van der Waals surface area contributed by atoms with Crippen LogP contribution in [0.2, 0.25) is 0 Å². The van der Waals surface area contributed by atoms with Gasteiger partial charge < -0.3 is 19.9 Å². The Morgan fingerprint density at radius 1 is 0.776 bits per heavy atom. The van der Waals surface area contributed by atoms with E-state index < -0.39 is 7.26 Å². The predicted molar refractivity (Wildman–Crippen MR) is 200 cm³/mol. The minimum Gasteiger partial charge on any atom is -0.504 e. The van der Waals surface area contributed by atoms with E-state index in [-0.39, 0.29) is 24.0 Å². The van der Waals surface area contributed by atoms with E-state index in [2.05, 4.69) is 101 Å². The number of hydrogen-bond acceptors (Lipinski definition) is 7. The first-order valence-corrected chi connectivity index (χ1v) is 19.1. The van der Waals surface area contributed by atoms with Gasteiger partial charge in [0.05, 0.1) is 16.4 Å². The Bertz CT molecular complexity index is 1940. The summed E-state index contributed by atoms with van der Waals surface area (Å²) in [6, 6.07) is 44.7. The van der Waals surface area contributed by atoms with E-state index in [9.17, 15) is 9.90 Å². The van der Waals surface area contributed by atoms with Crippen LogP contribution in [0, 0.1) is 11.3 Å². The number of phenolic OH excluding ortho intramolecular Hbond substituents is 1. The molecule has 0 spiro atoms. The van der Waals surface area contributed by atoms with Gasteiger partial charge in [-0.25, -0.2) is 4.98 Å². The molecule has 0 bridgehead atoms. The maximum absolute atomic E-state index is 12.6. The van der Waals surface area contributed by atoms with Crippen molar-refractivity contribution in [3.05, 3.63) is 132 Å². The normalized spacial score (nSPS) is 11.2. The number of amides is 1. The smallest absolute Gasteiger partial charge is 0.257 e. The second-order valence-corrected chi connectivity index (χ2v) is 16.2. The first-order chi connectivity index (χ1) is 24.0. The van der Waals surface area contributed by atoms with Gasteiger partial charge in [-0.15, -0.1) is 11.3 Å². The van der Waals surface area contributed by atoms with Crippen molar-refractivity contribution in [1.29, 1.82) is 5.26 Å². The topological polar surface area (TPSA) is 104 Å². The van der Waals surface area contributed by atoms with Crippen molar-refractivity contribution < 1.29 is 19.4 Å². The second kappa shape index (κ2) is 16.3.